The third kappa shape index (κ3) is 11.1. The number of carboxylic acid groups (broad SMARTS) is 1. The Bertz CT molecular complexity index is 2880. The zero-order valence-electron chi connectivity index (χ0n) is 38.3. The normalized spacial score (nSPS) is 29.1. The highest BCUT2D eigenvalue weighted by molar-refractivity contribution is 6.23. The Morgan fingerprint density at radius 1 is 0.494 bits per heavy atom. The van der Waals surface area contributed by atoms with E-state index in [1.165, 1.54) is 18.2 Å². The molecule has 0 aromatic heterocycles. The number of fused-ring (bicyclic) bond motifs is 12. The number of amides is 3. The van der Waals surface area contributed by atoms with Gasteiger partial charge < -0.3 is 35.1 Å². The van der Waals surface area contributed by atoms with E-state index in [1.54, 1.807) is 19.1 Å². The number of hydrogen-bond donors (Lipinski definition) is 3. The second-order valence-corrected chi connectivity index (χ2v) is 18.3. The van der Waals surface area contributed by atoms with Gasteiger partial charge in [-0.1, -0.05) is 36.5 Å². The summed E-state index contributed by atoms with van der Waals surface area (Å²) in [5.41, 5.74) is -2.61. The van der Waals surface area contributed by atoms with Gasteiger partial charge in [0.2, 0.25) is 17.7 Å². The highest BCUT2D eigenvalue weighted by atomic mass is 19.4. The number of anilines is 3. The van der Waals surface area contributed by atoms with Gasteiger partial charge in [-0.2, -0.15) is 65.9 Å². The lowest BCUT2D eigenvalue weighted by Crippen LogP contribution is -2.39. The van der Waals surface area contributed by atoms with Crippen molar-refractivity contribution in [1.29, 1.82) is 0 Å². The molecule has 8 aliphatic rings. The van der Waals surface area contributed by atoms with E-state index in [0.29, 0.717) is 34.7 Å². The topological polar surface area (TPSA) is 201 Å². The van der Waals surface area contributed by atoms with E-state index >= 15 is 0 Å². The molecule has 5 fully saturated rings. The lowest BCUT2D eigenvalue weighted by atomic mass is 9.82. The second kappa shape index (κ2) is 19.6. The first-order chi connectivity index (χ1) is 35.5. The van der Waals surface area contributed by atoms with Crippen LogP contribution in [0.5, 0.6) is 0 Å². The fourth-order valence-electron chi connectivity index (χ4n) is 9.88. The van der Waals surface area contributed by atoms with Crippen molar-refractivity contribution in [2.24, 2.45) is 35.5 Å². The fraction of sp³-hybridized carbons (Fsp3) is 0.375. The number of esters is 2. The number of halogens is 15. The molecular weight excluding hydrogens is 1080 g/mol. The Kier molecular flexibility index (Phi) is 14.3. The number of nitrogens with one attached hydrogen (secondary N) is 1. The lowest BCUT2D eigenvalue weighted by Gasteiger charge is -2.21. The van der Waals surface area contributed by atoms with Crippen LogP contribution in [0.4, 0.5) is 82.9 Å². The molecule has 3 aromatic rings. The van der Waals surface area contributed by atoms with Crippen molar-refractivity contribution >= 4 is 52.7 Å². The summed E-state index contributed by atoms with van der Waals surface area (Å²) in [6.45, 7) is 1.58. The van der Waals surface area contributed by atoms with E-state index in [9.17, 15) is 99.7 Å². The molecule has 0 radical (unpaired) electrons. The number of ether oxygens (including phenoxy) is 4. The predicted octanol–water partition coefficient (Wildman–Crippen LogP) is 8.72. The lowest BCUT2D eigenvalue weighted by molar-refractivity contribution is -0.157. The smallest absolute Gasteiger partial charge is 0.416 e. The van der Waals surface area contributed by atoms with Crippen molar-refractivity contribution in [2.45, 2.75) is 74.4 Å². The number of hydrogen-bond acceptors (Lipinski definition) is 11. The minimum absolute atomic E-state index is 0.0519. The number of benzene rings is 3. The number of cyclic esters (lactones) is 2. The molecule has 0 aliphatic carbocycles. The van der Waals surface area contributed by atoms with E-state index in [1.807, 2.05) is 17.5 Å². The molecule has 3 amide bonds. The van der Waals surface area contributed by atoms with E-state index in [4.69, 9.17) is 19.9 Å². The number of nitrogens with zero attached hydrogens (tertiary/aromatic N) is 1. The second-order valence-electron chi connectivity index (χ2n) is 18.3. The third-order valence-corrected chi connectivity index (χ3v) is 13.2. The number of carboxylic acids is 1. The molecule has 8 aliphatic heterocycles. The van der Waals surface area contributed by atoms with Crippen LogP contribution in [-0.4, -0.2) is 77.4 Å². The summed E-state index contributed by atoms with van der Waals surface area (Å²) in [5, 5.41) is 11.2. The van der Waals surface area contributed by atoms with Crippen molar-refractivity contribution in [3.05, 3.63) is 124 Å². The van der Waals surface area contributed by atoms with Crippen LogP contribution >= 0.6 is 0 Å². The number of carbonyl (C=O) groups is 6. The van der Waals surface area contributed by atoms with Crippen LogP contribution in [0.15, 0.2) is 91.1 Å². The van der Waals surface area contributed by atoms with Gasteiger partial charge in [0.25, 0.3) is 0 Å². The summed E-state index contributed by atoms with van der Waals surface area (Å²) in [6, 6.07) is 4.82. The first kappa shape index (κ1) is 55.9. The quantitative estimate of drug-likeness (QED) is 0.0561. The summed E-state index contributed by atoms with van der Waals surface area (Å²) < 4.78 is 212. The van der Waals surface area contributed by atoms with Crippen LogP contribution in [0.3, 0.4) is 0 Å². The van der Waals surface area contributed by atoms with Gasteiger partial charge in [-0.05, 0) is 67.1 Å². The largest absolute Gasteiger partial charge is 0.481 e. The molecule has 5 saturated heterocycles. The molecule has 412 valence electrons. The fourth-order valence-corrected chi connectivity index (χ4v) is 9.88. The highest BCUT2D eigenvalue weighted by Crippen LogP contribution is 2.49. The highest BCUT2D eigenvalue weighted by Gasteiger charge is 2.62. The summed E-state index contributed by atoms with van der Waals surface area (Å²) >= 11 is 0. The van der Waals surface area contributed by atoms with Crippen LogP contribution in [0.25, 0.3) is 0 Å². The Morgan fingerprint density at radius 3 is 1.23 bits per heavy atom. The number of nitrogens with two attached hydrogens (primary N) is 1. The van der Waals surface area contributed by atoms with Crippen LogP contribution in [0.1, 0.15) is 33.4 Å². The Hall–Kier alpha value is -7.27. The first-order valence-electron chi connectivity index (χ1n) is 22.2. The summed E-state index contributed by atoms with van der Waals surface area (Å²) in [7, 11) is 0. The minimum atomic E-state index is -5.07. The van der Waals surface area contributed by atoms with E-state index < -0.39 is 154 Å². The average molecular weight is 1110 g/mol. The maximum absolute atomic E-state index is 13.0. The molecule has 11 rings (SSSR count). The van der Waals surface area contributed by atoms with Crippen molar-refractivity contribution < 1.29 is 119 Å². The monoisotopic (exact) mass is 1110 g/mol. The molecule has 4 N–H and O–H groups in total. The molecular formula is C48H34F15N3O11. The molecule has 6 bridgehead atoms. The standard InChI is InChI=1S/C16H11F6NO4.C16H9F6NO3.C8H8F3N.C8H6O4/c17-15(18,19)6-3-7(16(20,21)22)5-8(4-6)23-13(24)11-9-1-2-10(27-9)12(11)14(25)26;17-15(18,19)6-3-7(16(20,21)22)5-8(4-6)23-13(24)11-9-1-2-10(26-9)12(11)14(23)25;1-5-2-6(8(9,10)11)4-7(12)3-5;9-7-5-3-1-2-4(11-3)6(5)8(10)12-7/h1-5,9-12H,(H,23,24)(H,25,26);1-5,9-12H;2-4H,12H2,1H3;1-6H. The van der Waals surface area contributed by atoms with Gasteiger partial charge in [-0.25, -0.2) is 4.90 Å². The van der Waals surface area contributed by atoms with Gasteiger partial charge in [0.05, 0.1) is 87.9 Å². The molecule has 12 atom stereocenters. The number of alkyl halides is 15. The van der Waals surface area contributed by atoms with Crippen molar-refractivity contribution in [3.8, 4) is 0 Å². The minimum Gasteiger partial charge on any atom is -0.481 e. The number of rotatable bonds is 4. The molecule has 8 heterocycles. The molecule has 14 nitrogen and oxygen atoms in total. The van der Waals surface area contributed by atoms with Gasteiger partial charge >= 0.3 is 48.8 Å². The molecule has 3 aromatic carbocycles. The van der Waals surface area contributed by atoms with Crippen LogP contribution in [0.2, 0.25) is 0 Å². The predicted molar refractivity (Wildman–Crippen MR) is 228 cm³/mol. The number of carbonyl (C=O) groups excluding carboxylic acids is 5. The van der Waals surface area contributed by atoms with E-state index in [0.717, 1.165) is 12.1 Å². The van der Waals surface area contributed by atoms with Crippen molar-refractivity contribution in [3.63, 3.8) is 0 Å². The Balaban J connectivity index is 0.000000145. The van der Waals surface area contributed by atoms with Crippen LogP contribution in [-0.2, 0) is 78.6 Å². The zero-order valence-corrected chi connectivity index (χ0v) is 38.3. The summed E-state index contributed by atoms with van der Waals surface area (Å²) in [5.74, 6) is -10.1. The number of aliphatic carboxylic acids is 1. The zero-order chi connectivity index (χ0) is 56.8. The summed E-state index contributed by atoms with van der Waals surface area (Å²) in [4.78, 5) is 71.4. The van der Waals surface area contributed by atoms with Gasteiger partial charge in [-0.15, -0.1) is 0 Å². The molecule has 0 spiro atoms. The summed E-state index contributed by atoms with van der Waals surface area (Å²) in [6.07, 6.45) is -18.6. The van der Waals surface area contributed by atoms with Gasteiger partial charge in [0.1, 0.15) is 17.8 Å². The maximum atomic E-state index is 13.0. The van der Waals surface area contributed by atoms with Crippen molar-refractivity contribution in [2.75, 3.05) is 16.0 Å². The molecule has 77 heavy (non-hydrogen) atoms. The average Bonchev–Trinajstić information content (AvgIpc) is 4.19. The Morgan fingerprint density at radius 2 is 0.844 bits per heavy atom. The SMILES string of the molecule is Cc1cc(N)cc(C(F)(F)F)c1.O=C(O)C1C2C=CC(O2)C1C(=O)Nc1cc(C(F)(F)F)cc(C(F)(F)F)c1.O=C1C2C3C=CC(O3)C2C(=O)N1c1cc(C(F)(F)F)cc(C(F)(F)F)c1.O=C1OC(=O)C2C3C=CC(O3)C12. The van der Waals surface area contributed by atoms with Gasteiger partial charge in [0, 0.05) is 11.4 Å². The Labute approximate surface area is 421 Å². The molecule has 0 saturated carbocycles. The van der Waals surface area contributed by atoms with Crippen LogP contribution in [0, 0.1) is 42.4 Å². The third-order valence-electron chi connectivity index (χ3n) is 13.2. The molecule has 12 unspecified atom stereocenters. The number of imide groups is 1. The first-order valence-corrected chi connectivity index (χ1v) is 22.2. The van der Waals surface area contributed by atoms with Gasteiger partial charge in [-0.3, -0.25) is 28.8 Å². The number of aryl methyl sites for hydroxylation is 1. The van der Waals surface area contributed by atoms with E-state index in [2.05, 4.69) is 4.74 Å². The van der Waals surface area contributed by atoms with Crippen molar-refractivity contribution in [1.82, 2.24) is 0 Å². The molecule has 29 heteroatoms. The van der Waals surface area contributed by atoms with Crippen LogP contribution < -0.4 is 16.0 Å². The maximum Gasteiger partial charge on any atom is 0.416 e. The van der Waals surface area contributed by atoms with E-state index in [-0.39, 0.29) is 41.9 Å². The number of nitrogen functional groups attached to an aromatic ring is 1. The van der Waals surface area contributed by atoms with Gasteiger partial charge in [0.15, 0.2) is 0 Å².